The van der Waals surface area contributed by atoms with E-state index in [2.05, 4.69) is 6.92 Å². The second-order valence-corrected chi connectivity index (χ2v) is 8.77. The molecule has 4 rings (SSSR count). The number of amides is 2. The number of rotatable bonds is 7. The molecular weight excluding hydrogens is 449 g/mol. The predicted molar refractivity (Wildman–Crippen MR) is 127 cm³/mol. The number of halogens is 2. The number of thioether (sulfide) groups is 1. The van der Waals surface area contributed by atoms with Gasteiger partial charge >= 0.3 is 0 Å². The van der Waals surface area contributed by atoms with E-state index in [1.807, 2.05) is 36.4 Å². The number of hydrogen-bond donors (Lipinski definition) is 0. The average molecular weight is 470 g/mol. The van der Waals surface area contributed by atoms with Crippen LogP contribution in [0.2, 0.25) is 5.02 Å². The van der Waals surface area contributed by atoms with Crippen molar-refractivity contribution in [2.24, 2.45) is 0 Å². The lowest BCUT2D eigenvalue weighted by molar-refractivity contribution is -0.123. The second-order valence-electron chi connectivity index (χ2n) is 7.37. The first-order valence-corrected chi connectivity index (χ1v) is 11.5. The minimum atomic E-state index is -0.554. The van der Waals surface area contributed by atoms with Crippen LogP contribution < -0.4 is 4.74 Å². The van der Waals surface area contributed by atoms with E-state index in [0.29, 0.717) is 12.4 Å². The van der Waals surface area contributed by atoms with Gasteiger partial charge in [-0.3, -0.25) is 14.5 Å². The standard InChI is InChI=1S/C25H21ClFNO3S/c1-2-3-13-31-22-12-11-16-7-4-5-8-17(16)18(22)14-23-24(29)28(25(30)32-23)15-19-20(26)9-6-10-21(19)27/h4-12,14H,2-3,13,15H2,1H3/b23-14+. The van der Waals surface area contributed by atoms with Gasteiger partial charge < -0.3 is 4.74 Å². The number of hydrogen-bond acceptors (Lipinski definition) is 4. The lowest BCUT2D eigenvalue weighted by Gasteiger charge is -2.14. The summed E-state index contributed by atoms with van der Waals surface area (Å²) in [6.07, 6.45) is 3.60. The van der Waals surface area contributed by atoms with Crippen LogP contribution in [-0.4, -0.2) is 22.7 Å². The molecular formula is C25H21ClFNO3S. The first-order chi connectivity index (χ1) is 15.5. The summed E-state index contributed by atoms with van der Waals surface area (Å²) >= 11 is 6.92. The fraction of sp³-hybridized carbons (Fsp3) is 0.200. The molecule has 0 unspecified atom stereocenters. The molecule has 1 heterocycles. The average Bonchev–Trinajstić information content (AvgIpc) is 3.05. The Hall–Kier alpha value is -2.83. The highest BCUT2D eigenvalue weighted by molar-refractivity contribution is 8.18. The SMILES string of the molecule is CCCCOc1ccc2ccccc2c1/C=C1/SC(=O)N(Cc2c(F)cccc2Cl)C1=O. The van der Waals surface area contributed by atoms with Crippen LogP contribution >= 0.6 is 23.4 Å². The van der Waals surface area contributed by atoms with Crippen molar-refractivity contribution >= 4 is 51.4 Å². The molecule has 7 heteroatoms. The van der Waals surface area contributed by atoms with E-state index < -0.39 is 17.0 Å². The van der Waals surface area contributed by atoms with Crippen molar-refractivity contribution in [2.45, 2.75) is 26.3 Å². The molecule has 0 saturated carbocycles. The molecule has 164 valence electrons. The van der Waals surface area contributed by atoms with Crippen LogP contribution in [0.4, 0.5) is 9.18 Å². The summed E-state index contributed by atoms with van der Waals surface area (Å²) < 4.78 is 20.2. The van der Waals surface area contributed by atoms with Crippen molar-refractivity contribution in [2.75, 3.05) is 6.61 Å². The van der Waals surface area contributed by atoms with Gasteiger partial charge in [0.1, 0.15) is 11.6 Å². The highest BCUT2D eigenvalue weighted by atomic mass is 35.5. The van der Waals surface area contributed by atoms with Crippen molar-refractivity contribution in [1.29, 1.82) is 0 Å². The molecule has 0 N–H and O–H groups in total. The number of fused-ring (bicyclic) bond motifs is 1. The Morgan fingerprint density at radius 2 is 1.91 bits per heavy atom. The van der Waals surface area contributed by atoms with Gasteiger partial charge in [0.05, 0.1) is 18.1 Å². The molecule has 32 heavy (non-hydrogen) atoms. The lowest BCUT2D eigenvalue weighted by Crippen LogP contribution is -2.28. The van der Waals surface area contributed by atoms with Gasteiger partial charge in [-0.15, -0.1) is 0 Å². The van der Waals surface area contributed by atoms with Gasteiger partial charge in [-0.05, 0) is 53.2 Å². The van der Waals surface area contributed by atoms with Crippen molar-refractivity contribution in [3.63, 3.8) is 0 Å². The zero-order chi connectivity index (χ0) is 22.7. The Kier molecular flexibility index (Phi) is 6.82. The van der Waals surface area contributed by atoms with Gasteiger partial charge in [0.25, 0.3) is 11.1 Å². The number of unbranched alkanes of at least 4 members (excludes halogenated alkanes) is 1. The van der Waals surface area contributed by atoms with Gasteiger partial charge in [-0.25, -0.2) is 4.39 Å². The fourth-order valence-electron chi connectivity index (χ4n) is 3.49. The van der Waals surface area contributed by atoms with Crippen molar-refractivity contribution in [1.82, 2.24) is 4.90 Å². The van der Waals surface area contributed by atoms with Crippen LogP contribution in [0.3, 0.4) is 0 Å². The molecule has 4 nitrogen and oxygen atoms in total. The zero-order valence-electron chi connectivity index (χ0n) is 17.4. The quantitative estimate of drug-likeness (QED) is 0.275. The number of imide groups is 1. The molecule has 3 aromatic carbocycles. The number of carbonyl (C=O) groups is 2. The molecule has 0 aromatic heterocycles. The summed E-state index contributed by atoms with van der Waals surface area (Å²) in [7, 11) is 0. The third kappa shape index (κ3) is 4.52. The predicted octanol–water partition coefficient (Wildman–Crippen LogP) is 7.05. The lowest BCUT2D eigenvalue weighted by atomic mass is 10.0. The van der Waals surface area contributed by atoms with Gasteiger partial charge in [0, 0.05) is 16.1 Å². The molecule has 0 radical (unpaired) electrons. The first-order valence-electron chi connectivity index (χ1n) is 10.3. The van der Waals surface area contributed by atoms with Gasteiger partial charge in [-0.1, -0.05) is 61.3 Å². The van der Waals surface area contributed by atoms with Crippen LogP contribution in [0.25, 0.3) is 16.8 Å². The summed E-state index contributed by atoms with van der Waals surface area (Å²) in [5, 5.41) is 1.63. The molecule has 1 aliphatic heterocycles. The highest BCUT2D eigenvalue weighted by Crippen LogP contribution is 2.38. The van der Waals surface area contributed by atoms with Crippen molar-refractivity contribution < 1.29 is 18.7 Å². The number of benzene rings is 3. The van der Waals surface area contributed by atoms with E-state index in [4.69, 9.17) is 16.3 Å². The zero-order valence-corrected chi connectivity index (χ0v) is 19.0. The van der Waals surface area contributed by atoms with E-state index in [0.717, 1.165) is 45.8 Å². The molecule has 0 atom stereocenters. The second kappa shape index (κ2) is 9.76. The maximum Gasteiger partial charge on any atom is 0.293 e. The molecule has 3 aromatic rings. The Morgan fingerprint density at radius 3 is 2.69 bits per heavy atom. The summed E-state index contributed by atoms with van der Waals surface area (Å²) in [5.41, 5.74) is 0.861. The summed E-state index contributed by atoms with van der Waals surface area (Å²) in [6.45, 7) is 2.42. The van der Waals surface area contributed by atoms with Gasteiger partial charge in [-0.2, -0.15) is 0 Å². The minimum absolute atomic E-state index is 0.117. The van der Waals surface area contributed by atoms with Crippen molar-refractivity contribution in [3.8, 4) is 5.75 Å². The van der Waals surface area contributed by atoms with Crippen LogP contribution in [0.1, 0.15) is 30.9 Å². The fourth-order valence-corrected chi connectivity index (χ4v) is 4.53. The summed E-state index contributed by atoms with van der Waals surface area (Å²) in [4.78, 5) is 26.9. The number of ether oxygens (including phenoxy) is 1. The van der Waals surface area contributed by atoms with E-state index in [9.17, 15) is 14.0 Å². The van der Waals surface area contributed by atoms with E-state index >= 15 is 0 Å². The van der Waals surface area contributed by atoms with E-state index in [1.165, 1.54) is 18.2 Å². The maximum absolute atomic E-state index is 14.2. The van der Waals surface area contributed by atoms with Crippen molar-refractivity contribution in [3.05, 3.63) is 81.5 Å². The van der Waals surface area contributed by atoms with Crippen LogP contribution in [0, 0.1) is 5.82 Å². The van der Waals surface area contributed by atoms with Crippen LogP contribution in [0.5, 0.6) is 5.75 Å². The molecule has 2 amide bonds. The molecule has 0 spiro atoms. The topological polar surface area (TPSA) is 46.6 Å². The Bertz CT molecular complexity index is 1210. The molecule has 0 bridgehead atoms. The minimum Gasteiger partial charge on any atom is -0.493 e. The van der Waals surface area contributed by atoms with Gasteiger partial charge in [0.15, 0.2) is 0 Å². The van der Waals surface area contributed by atoms with Gasteiger partial charge in [0.2, 0.25) is 0 Å². The number of carbonyl (C=O) groups excluding carboxylic acids is 2. The third-order valence-electron chi connectivity index (χ3n) is 5.21. The normalized spacial score (nSPS) is 15.2. The molecule has 1 fully saturated rings. The smallest absolute Gasteiger partial charge is 0.293 e. The highest BCUT2D eigenvalue weighted by Gasteiger charge is 2.36. The summed E-state index contributed by atoms with van der Waals surface area (Å²) in [6, 6.07) is 15.9. The largest absolute Gasteiger partial charge is 0.493 e. The Labute approximate surface area is 195 Å². The summed E-state index contributed by atoms with van der Waals surface area (Å²) in [5.74, 6) is -0.381. The Balaban J connectivity index is 1.70. The molecule has 1 aliphatic rings. The maximum atomic E-state index is 14.2. The first kappa shape index (κ1) is 22.4. The number of nitrogens with zero attached hydrogens (tertiary/aromatic N) is 1. The molecule has 0 aliphatic carbocycles. The molecule has 1 saturated heterocycles. The van der Waals surface area contributed by atoms with E-state index in [1.54, 1.807) is 6.08 Å². The van der Waals surface area contributed by atoms with Crippen LogP contribution in [0.15, 0.2) is 59.5 Å². The third-order valence-corrected chi connectivity index (χ3v) is 6.47. The van der Waals surface area contributed by atoms with Crippen LogP contribution in [-0.2, 0) is 11.3 Å². The Morgan fingerprint density at radius 1 is 1.09 bits per heavy atom. The monoisotopic (exact) mass is 469 g/mol. The van der Waals surface area contributed by atoms with E-state index in [-0.39, 0.29) is 22.0 Å².